The molecule has 0 atom stereocenters. The van der Waals surface area contributed by atoms with Gasteiger partial charge in [-0.2, -0.15) is 0 Å². The normalized spacial score (nSPS) is 9.79. The molecule has 1 rings (SSSR count). The lowest BCUT2D eigenvalue weighted by Crippen LogP contribution is -2.26. The van der Waals surface area contributed by atoms with E-state index in [1.807, 2.05) is 38.2 Å². The number of nitrogens with one attached hydrogen (secondary N) is 2. The summed E-state index contributed by atoms with van der Waals surface area (Å²) in [4.78, 5) is 11.4. The molecule has 0 saturated heterocycles. The highest BCUT2D eigenvalue weighted by Crippen LogP contribution is 2.05. The summed E-state index contributed by atoms with van der Waals surface area (Å²) in [7, 11) is 1.84. The molecule has 0 heterocycles. The summed E-state index contributed by atoms with van der Waals surface area (Å²) in [5, 5.41) is 5.84. The zero-order valence-electron chi connectivity index (χ0n) is 11.6. The second-order valence-corrected chi connectivity index (χ2v) is 4.08. The van der Waals surface area contributed by atoms with Crippen molar-refractivity contribution in [3.05, 3.63) is 35.4 Å². The third-order valence-corrected chi connectivity index (χ3v) is 2.59. The third-order valence-electron chi connectivity index (χ3n) is 2.59. The fourth-order valence-corrected chi connectivity index (χ4v) is 1.50. The zero-order valence-corrected chi connectivity index (χ0v) is 12.4. The maximum absolute atomic E-state index is 11.4. The molecule has 0 fully saturated rings. The van der Waals surface area contributed by atoms with Crippen molar-refractivity contribution in [1.29, 1.82) is 0 Å². The number of benzene rings is 1. The number of carbonyl (C=O) groups excluding carboxylic acids is 1. The van der Waals surface area contributed by atoms with Gasteiger partial charge >= 0.3 is 0 Å². The quantitative estimate of drug-likeness (QED) is 0.767. The molecule has 4 nitrogen and oxygen atoms in total. The van der Waals surface area contributed by atoms with Crippen molar-refractivity contribution < 1.29 is 9.53 Å². The molecule has 19 heavy (non-hydrogen) atoms. The van der Waals surface area contributed by atoms with Gasteiger partial charge in [-0.15, -0.1) is 12.4 Å². The Hall–Kier alpha value is -1.10. The minimum Gasteiger partial charge on any atom is -0.377 e. The van der Waals surface area contributed by atoms with Crippen LogP contribution in [0.15, 0.2) is 24.3 Å². The highest BCUT2D eigenvalue weighted by atomic mass is 35.5. The van der Waals surface area contributed by atoms with E-state index in [9.17, 15) is 4.79 Å². The molecule has 1 aromatic carbocycles. The largest absolute Gasteiger partial charge is 0.377 e. The van der Waals surface area contributed by atoms with Gasteiger partial charge in [-0.05, 0) is 25.1 Å². The van der Waals surface area contributed by atoms with E-state index in [4.69, 9.17) is 4.74 Å². The molecule has 0 aliphatic rings. The molecule has 108 valence electrons. The second kappa shape index (κ2) is 10.8. The van der Waals surface area contributed by atoms with Gasteiger partial charge in [0, 0.05) is 26.1 Å². The number of rotatable bonds is 8. The molecule has 0 unspecified atom stereocenters. The third kappa shape index (κ3) is 7.82. The highest BCUT2D eigenvalue weighted by molar-refractivity contribution is 5.85. The summed E-state index contributed by atoms with van der Waals surface area (Å²) in [5.74, 6) is 0.0720. The zero-order chi connectivity index (χ0) is 13.2. The van der Waals surface area contributed by atoms with E-state index in [1.54, 1.807) is 0 Å². The highest BCUT2D eigenvalue weighted by Gasteiger charge is 2.00. The Kier molecular flexibility index (Phi) is 10.2. The van der Waals surface area contributed by atoms with Crippen molar-refractivity contribution in [1.82, 2.24) is 10.6 Å². The predicted octanol–water partition coefficient (Wildman–Crippen LogP) is 1.87. The van der Waals surface area contributed by atoms with Crippen LogP contribution in [-0.4, -0.2) is 26.1 Å². The predicted molar refractivity (Wildman–Crippen MR) is 79.4 cm³/mol. The molecular formula is C14H23ClN2O2. The summed E-state index contributed by atoms with van der Waals surface area (Å²) < 4.78 is 5.33. The van der Waals surface area contributed by atoms with Crippen LogP contribution >= 0.6 is 12.4 Å². The fourth-order valence-electron chi connectivity index (χ4n) is 1.50. The van der Waals surface area contributed by atoms with E-state index in [0.717, 1.165) is 17.7 Å². The van der Waals surface area contributed by atoms with Crippen LogP contribution in [0.2, 0.25) is 0 Å². The van der Waals surface area contributed by atoms with Crippen LogP contribution in [0.1, 0.15) is 24.5 Å². The first-order valence-electron chi connectivity index (χ1n) is 6.33. The van der Waals surface area contributed by atoms with Crippen molar-refractivity contribution in [3.8, 4) is 0 Å². The first kappa shape index (κ1) is 17.9. The lowest BCUT2D eigenvalue weighted by molar-refractivity contribution is -0.121. The summed E-state index contributed by atoms with van der Waals surface area (Å²) in [5.41, 5.74) is 2.26. The average Bonchev–Trinajstić information content (AvgIpc) is 2.41. The SMILES string of the molecule is CCOCc1ccc(CNC(=O)CCNC)cc1.Cl. The number of carbonyl (C=O) groups is 1. The molecular weight excluding hydrogens is 264 g/mol. The molecule has 0 aromatic heterocycles. The molecule has 1 amide bonds. The molecule has 0 saturated carbocycles. The van der Waals surface area contributed by atoms with E-state index >= 15 is 0 Å². The topological polar surface area (TPSA) is 50.4 Å². The standard InChI is InChI=1S/C14H22N2O2.ClH/c1-3-18-11-13-6-4-12(5-7-13)10-16-14(17)8-9-15-2;/h4-7,15H,3,8-11H2,1-2H3,(H,16,17);1H. The van der Waals surface area contributed by atoms with Crippen molar-refractivity contribution in [2.75, 3.05) is 20.2 Å². The average molecular weight is 287 g/mol. The molecule has 5 heteroatoms. The smallest absolute Gasteiger partial charge is 0.221 e. The van der Waals surface area contributed by atoms with Gasteiger partial charge in [-0.3, -0.25) is 4.79 Å². The van der Waals surface area contributed by atoms with Gasteiger partial charge < -0.3 is 15.4 Å². The Morgan fingerprint density at radius 1 is 1.21 bits per heavy atom. The summed E-state index contributed by atoms with van der Waals surface area (Å²) in [6.07, 6.45) is 0.513. The second-order valence-electron chi connectivity index (χ2n) is 4.08. The molecule has 0 bridgehead atoms. The maximum Gasteiger partial charge on any atom is 0.221 e. The number of ether oxygens (including phenoxy) is 1. The molecule has 1 aromatic rings. The van der Waals surface area contributed by atoms with E-state index < -0.39 is 0 Å². The summed E-state index contributed by atoms with van der Waals surface area (Å²) in [6.45, 7) is 4.64. The van der Waals surface area contributed by atoms with Gasteiger partial charge in [0.2, 0.25) is 5.91 Å². The van der Waals surface area contributed by atoms with Crippen molar-refractivity contribution >= 4 is 18.3 Å². The number of halogens is 1. The van der Waals surface area contributed by atoms with Gasteiger partial charge in [0.15, 0.2) is 0 Å². The Balaban J connectivity index is 0.00000324. The Labute approximate surface area is 121 Å². The van der Waals surface area contributed by atoms with E-state index in [2.05, 4.69) is 10.6 Å². The maximum atomic E-state index is 11.4. The van der Waals surface area contributed by atoms with Crippen LogP contribution in [0.25, 0.3) is 0 Å². The minimum absolute atomic E-state index is 0. The van der Waals surface area contributed by atoms with Crippen LogP contribution < -0.4 is 10.6 Å². The molecule has 0 radical (unpaired) electrons. The first-order chi connectivity index (χ1) is 8.76. The Morgan fingerprint density at radius 3 is 2.42 bits per heavy atom. The lowest BCUT2D eigenvalue weighted by Gasteiger charge is -2.06. The van der Waals surface area contributed by atoms with Crippen molar-refractivity contribution in [3.63, 3.8) is 0 Å². The van der Waals surface area contributed by atoms with Crippen LogP contribution in [-0.2, 0) is 22.7 Å². The molecule has 0 aliphatic carbocycles. The van der Waals surface area contributed by atoms with Crippen molar-refractivity contribution in [2.24, 2.45) is 0 Å². The number of amides is 1. The van der Waals surface area contributed by atoms with Crippen LogP contribution in [0.3, 0.4) is 0 Å². The van der Waals surface area contributed by atoms with Gasteiger partial charge in [-0.25, -0.2) is 0 Å². The van der Waals surface area contributed by atoms with Gasteiger partial charge in [-0.1, -0.05) is 24.3 Å². The van der Waals surface area contributed by atoms with Crippen LogP contribution in [0.5, 0.6) is 0 Å². The molecule has 0 spiro atoms. The lowest BCUT2D eigenvalue weighted by atomic mass is 10.1. The summed E-state index contributed by atoms with van der Waals surface area (Å²) in [6, 6.07) is 8.11. The van der Waals surface area contributed by atoms with Gasteiger partial charge in [0.25, 0.3) is 0 Å². The first-order valence-corrected chi connectivity index (χ1v) is 6.33. The van der Waals surface area contributed by atoms with E-state index in [0.29, 0.717) is 26.1 Å². The summed E-state index contributed by atoms with van der Waals surface area (Å²) >= 11 is 0. The van der Waals surface area contributed by atoms with Crippen LogP contribution in [0, 0.1) is 0 Å². The van der Waals surface area contributed by atoms with Gasteiger partial charge in [0.05, 0.1) is 6.61 Å². The monoisotopic (exact) mass is 286 g/mol. The van der Waals surface area contributed by atoms with Gasteiger partial charge in [0.1, 0.15) is 0 Å². The van der Waals surface area contributed by atoms with E-state index in [1.165, 1.54) is 0 Å². The Morgan fingerprint density at radius 2 is 1.84 bits per heavy atom. The Bertz CT molecular complexity index is 355. The van der Waals surface area contributed by atoms with E-state index in [-0.39, 0.29) is 18.3 Å². The number of hydrogen-bond donors (Lipinski definition) is 2. The fraction of sp³-hybridized carbons (Fsp3) is 0.500. The molecule has 2 N–H and O–H groups in total. The molecule has 0 aliphatic heterocycles. The minimum atomic E-state index is 0. The van der Waals surface area contributed by atoms with Crippen molar-refractivity contribution in [2.45, 2.75) is 26.5 Å². The number of hydrogen-bond acceptors (Lipinski definition) is 3. The van der Waals surface area contributed by atoms with Crippen LogP contribution in [0.4, 0.5) is 0 Å².